The fourth-order valence-electron chi connectivity index (χ4n) is 1.48. The summed E-state index contributed by atoms with van der Waals surface area (Å²) in [5.41, 5.74) is 5.22. The lowest BCUT2D eigenvalue weighted by molar-refractivity contribution is -0.132. The van der Waals surface area contributed by atoms with Crippen molar-refractivity contribution in [2.75, 3.05) is 13.1 Å². The molecule has 0 saturated carbocycles. The highest BCUT2D eigenvalue weighted by Crippen LogP contribution is 2.15. The number of likely N-dealkylation sites (tertiary alicyclic amines) is 1. The van der Waals surface area contributed by atoms with E-state index in [0.29, 0.717) is 6.54 Å². The van der Waals surface area contributed by atoms with Gasteiger partial charge in [0.15, 0.2) is 0 Å². The summed E-state index contributed by atoms with van der Waals surface area (Å²) in [6, 6.07) is 1.88. The monoisotopic (exact) mass is 167 g/mol. The van der Waals surface area contributed by atoms with Crippen molar-refractivity contribution in [3.05, 3.63) is 0 Å². The second-order valence-electron chi connectivity index (χ2n) is 2.93. The number of nitriles is 1. The molecule has 2 N–H and O–H groups in total. The highest BCUT2D eigenvalue weighted by atomic mass is 16.2. The topological polar surface area (TPSA) is 70.1 Å². The quantitative estimate of drug-likeness (QED) is 0.590. The third kappa shape index (κ3) is 1.74. The van der Waals surface area contributed by atoms with Gasteiger partial charge < -0.3 is 10.6 Å². The van der Waals surface area contributed by atoms with Crippen LogP contribution in [0.25, 0.3) is 0 Å². The van der Waals surface area contributed by atoms with Crippen molar-refractivity contribution in [3.8, 4) is 6.07 Å². The minimum absolute atomic E-state index is 0.0121. The number of amides is 1. The zero-order valence-corrected chi connectivity index (χ0v) is 6.99. The van der Waals surface area contributed by atoms with Gasteiger partial charge in [0, 0.05) is 6.54 Å². The van der Waals surface area contributed by atoms with Crippen LogP contribution in [0.2, 0.25) is 0 Å². The van der Waals surface area contributed by atoms with Gasteiger partial charge in [-0.3, -0.25) is 4.79 Å². The molecule has 0 aromatic rings. The minimum Gasteiger partial charge on any atom is -0.326 e. The van der Waals surface area contributed by atoms with E-state index in [0.717, 1.165) is 19.3 Å². The van der Waals surface area contributed by atoms with E-state index < -0.39 is 0 Å². The molecule has 1 rings (SSSR count). The van der Waals surface area contributed by atoms with Crippen LogP contribution in [0, 0.1) is 11.3 Å². The predicted molar refractivity (Wildman–Crippen MR) is 44.0 cm³/mol. The van der Waals surface area contributed by atoms with Crippen molar-refractivity contribution in [3.63, 3.8) is 0 Å². The van der Waals surface area contributed by atoms with E-state index in [9.17, 15) is 4.79 Å². The zero-order valence-electron chi connectivity index (χ0n) is 6.99. The molecule has 1 heterocycles. The molecule has 12 heavy (non-hydrogen) atoms. The first kappa shape index (κ1) is 9.01. The number of nitrogens with two attached hydrogens (primary N) is 1. The number of rotatable bonds is 1. The van der Waals surface area contributed by atoms with Gasteiger partial charge in [-0.2, -0.15) is 5.26 Å². The first-order valence-electron chi connectivity index (χ1n) is 4.18. The standard InChI is InChI=1S/C8H13N3O/c9-5-7-3-1-2-4-11(7)8(12)6-10/h7H,1-4,6,10H2. The van der Waals surface area contributed by atoms with Crippen LogP contribution >= 0.6 is 0 Å². The van der Waals surface area contributed by atoms with Crippen LogP contribution in [-0.4, -0.2) is 29.9 Å². The molecule has 0 aromatic heterocycles. The molecule has 0 spiro atoms. The first-order valence-corrected chi connectivity index (χ1v) is 4.18. The summed E-state index contributed by atoms with van der Waals surface area (Å²) < 4.78 is 0. The molecule has 1 aliphatic rings. The van der Waals surface area contributed by atoms with Gasteiger partial charge >= 0.3 is 0 Å². The smallest absolute Gasteiger partial charge is 0.237 e. The summed E-state index contributed by atoms with van der Waals surface area (Å²) in [6.07, 6.45) is 2.82. The Kier molecular flexibility index (Phi) is 3.06. The Balaban J connectivity index is 2.60. The zero-order chi connectivity index (χ0) is 8.97. The molecule has 0 bridgehead atoms. The number of nitrogens with zero attached hydrogens (tertiary/aromatic N) is 2. The van der Waals surface area contributed by atoms with Crippen molar-refractivity contribution < 1.29 is 4.79 Å². The van der Waals surface area contributed by atoms with E-state index in [-0.39, 0.29) is 18.5 Å². The molecule has 66 valence electrons. The highest BCUT2D eigenvalue weighted by molar-refractivity contribution is 5.78. The summed E-state index contributed by atoms with van der Waals surface area (Å²) in [7, 11) is 0. The van der Waals surface area contributed by atoms with E-state index in [1.165, 1.54) is 0 Å². The summed E-state index contributed by atoms with van der Waals surface area (Å²) in [6.45, 7) is 0.701. The molecule has 1 saturated heterocycles. The van der Waals surface area contributed by atoms with Gasteiger partial charge in [-0.1, -0.05) is 0 Å². The number of carbonyl (C=O) groups excluding carboxylic acids is 1. The minimum atomic E-state index is -0.241. The van der Waals surface area contributed by atoms with Crippen molar-refractivity contribution in [2.45, 2.75) is 25.3 Å². The van der Waals surface area contributed by atoms with Gasteiger partial charge in [0.25, 0.3) is 0 Å². The Hall–Kier alpha value is -1.08. The van der Waals surface area contributed by atoms with E-state index in [4.69, 9.17) is 11.0 Å². The Labute approximate surface area is 71.9 Å². The van der Waals surface area contributed by atoms with Gasteiger partial charge in [-0.05, 0) is 19.3 Å². The number of hydrogen-bond acceptors (Lipinski definition) is 3. The molecular weight excluding hydrogens is 154 g/mol. The average molecular weight is 167 g/mol. The third-order valence-electron chi connectivity index (χ3n) is 2.15. The molecule has 0 aliphatic carbocycles. The van der Waals surface area contributed by atoms with Crippen LogP contribution in [0.15, 0.2) is 0 Å². The molecule has 1 atom stereocenters. The highest BCUT2D eigenvalue weighted by Gasteiger charge is 2.24. The van der Waals surface area contributed by atoms with Crippen molar-refractivity contribution >= 4 is 5.91 Å². The Morgan fingerprint density at radius 3 is 3.00 bits per heavy atom. The normalized spacial score (nSPS) is 23.3. The second-order valence-corrected chi connectivity index (χ2v) is 2.93. The van der Waals surface area contributed by atoms with Crippen molar-refractivity contribution in [1.29, 1.82) is 5.26 Å². The summed E-state index contributed by atoms with van der Waals surface area (Å²) >= 11 is 0. The van der Waals surface area contributed by atoms with Gasteiger partial charge in [-0.15, -0.1) is 0 Å². The van der Waals surface area contributed by atoms with Crippen LogP contribution in [0.4, 0.5) is 0 Å². The average Bonchev–Trinajstić information content (AvgIpc) is 2.16. The van der Waals surface area contributed by atoms with Gasteiger partial charge in [-0.25, -0.2) is 0 Å². The summed E-state index contributed by atoms with van der Waals surface area (Å²) in [5.74, 6) is -0.110. The van der Waals surface area contributed by atoms with Crippen molar-refractivity contribution in [1.82, 2.24) is 4.90 Å². The Morgan fingerprint density at radius 2 is 2.42 bits per heavy atom. The van der Waals surface area contributed by atoms with E-state index in [1.54, 1.807) is 4.90 Å². The molecule has 4 nitrogen and oxygen atoms in total. The number of hydrogen-bond donors (Lipinski definition) is 1. The van der Waals surface area contributed by atoms with E-state index in [1.807, 2.05) is 0 Å². The van der Waals surface area contributed by atoms with Gasteiger partial charge in [0.05, 0.1) is 12.6 Å². The Morgan fingerprint density at radius 1 is 1.67 bits per heavy atom. The fraction of sp³-hybridized carbons (Fsp3) is 0.750. The largest absolute Gasteiger partial charge is 0.326 e. The van der Waals surface area contributed by atoms with Gasteiger partial charge in [0.1, 0.15) is 6.04 Å². The van der Waals surface area contributed by atoms with Crippen molar-refractivity contribution in [2.24, 2.45) is 5.73 Å². The Bertz CT molecular complexity index is 209. The number of piperidine rings is 1. The second kappa shape index (κ2) is 4.07. The predicted octanol–water partition coefficient (Wildman–Crippen LogP) is -0.150. The summed E-state index contributed by atoms with van der Waals surface area (Å²) in [4.78, 5) is 12.8. The maximum atomic E-state index is 11.2. The van der Waals surface area contributed by atoms with Crippen LogP contribution in [0.5, 0.6) is 0 Å². The molecule has 0 aromatic carbocycles. The molecular formula is C8H13N3O. The number of carbonyl (C=O) groups is 1. The molecule has 1 amide bonds. The maximum absolute atomic E-state index is 11.2. The van der Waals surface area contributed by atoms with Crippen LogP contribution in [0.1, 0.15) is 19.3 Å². The molecule has 4 heteroatoms. The van der Waals surface area contributed by atoms with E-state index in [2.05, 4.69) is 6.07 Å². The lowest BCUT2D eigenvalue weighted by Gasteiger charge is -2.30. The van der Waals surface area contributed by atoms with Gasteiger partial charge in [0.2, 0.25) is 5.91 Å². The summed E-state index contributed by atoms with van der Waals surface area (Å²) in [5, 5.41) is 8.72. The van der Waals surface area contributed by atoms with E-state index >= 15 is 0 Å². The fourth-order valence-corrected chi connectivity index (χ4v) is 1.48. The lowest BCUT2D eigenvalue weighted by atomic mass is 10.0. The molecule has 1 fully saturated rings. The van der Waals surface area contributed by atoms with Crippen LogP contribution in [0.3, 0.4) is 0 Å². The van der Waals surface area contributed by atoms with Crippen LogP contribution < -0.4 is 5.73 Å². The lowest BCUT2D eigenvalue weighted by Crippen LogP contribution is -2.45. The molecule has 0 radical (unpaired) electrons. The SMILES string of the molecule is N#CC1CCCCN1C(=O)CN. The maximum Gasteiger partial charge on any atom is 0.237 e. The van der Waals surface area contributed by atoms with Crippen LogP contribution in [-0.2, 0) is 4.79 Å². The molecule has 1 aliphatic heterocycles. The first-order chi connectivity index (χ1) is 5.79. The molecule has 1 unspecified atom stereocenters. The third-order valence-corrected chi connectivity index (χ3v) is 2.15.